The minimum atomic E-state index is -3.60. The molecule has 0 atom stereocenters. The van der Waals surface area contributed by atoms with E-state index >= 15 is 0 Å². The van der Waals surface area contributed by atoms with Crippen molar-refractivity contribution in [1.29, 1.82) is 0 Å². The van der Waals surface area contributed by atoms with Crippen LogP contribution in [0.4, 0.5) is 11.4 Å². The molecule has 7 nitrogen and oxygen atoms in total. The van der Waals surface area contributed by atoms with E-state index in [1.54, 1.807) is 26.0 Å². The van der Waals surface area contributed by atoms with Gasteiger partial charge >= 0.3 is 0 Å². The Morgan fingerprint density at radius 2 is 1.58 bits per heavy atom. The van der Waals surface area contributed by atoms with Crippen molar-refractivity contribution < 1.29 is 13.2 Å². The van der Waals surface area contributed by atoms with Crippen LogP contribution < -0.4 is 14.9 Å². The average Bonchev–Trinajstić information content (AvgIpc) is 2.75. The third-order valence-corrected chi connectivity index (χ3v) is 6.94. The average molecular weight is 445 g/mol. The number of hydrogen-bond acceptors (Lipinski definition) is 5. The van der Waals surface area contributed by atoms with Gasteiger partial charge in [0, 0.05) is 50.0 Å². The third-order valence-electron chi connectivity index (χ3n) is 5.47. The molecule has 1 aliphatic heterocycles. The molecule has 1 amide bonds. The van der Waals surface area contributed by atoms with Gasteiger partial charge in [-0.3, -0.25) is 4.79 Å². The second-order valence-electron chi connectivity index (χ2n) is 8.27. The van der Waals surface area contributed by atoms with Crippen LogP contribution in [0.2, 0.25) is 0 Å². The number of hydrogen-bond donors (Lipinski definition) is 2. The molecule has 0 saturated carbocycles. The zero-order valence-electron chi connectivity index (χ0n) is 18.5. The van der Waals surface area contributed by atoms with Crippen molar-refractivity contribution in [3.05, 3.63) is 54.1 Å². The Morgan fingerprint density at radius 3 is 2.16 bits per heavy atom. The quantitative estimate of drug-likeness (QED) is 0.654. The van der Waals surface area contributed by atoms with Crippen molar-refractivity contribution in [1.82, 2.24) is 9.62 Å². The highest BCUT2D eigenvalue weighted by Gasteiger charge is 2.15. The number of rotatable bonds is 8. The first-order chi connectivity index (χ1) is 14.7. The van der Waals surface area contributed by atoms with Gasteiger partial charge in [0.1, 0.15) is 0 Å². The highest BCUT2D eigenvalue weighted by molar-refractivity contribution is 7.89. The molecule has 2 aromatic carbocycles. The molecule has 1 heterocycles. The highest BCUT2D eigenvalue weighted by Crippen LogP contribution is 2.18. The van der Waals surface area contributed by atoms with Crippen LogP contribution in [0.3, 0.4) is 0 Å². The van der Waals surface area contributed by atoms with Gasteiger partial charge in [0.2, 0.25) is 15.9 Å². The number of carbonyl (C=O) groups is 1. The first kappa shape index (κ1) is 23.2. The monoisotopic (exact) mass is 444 g/mol. The SMILES string of the molecule is CC(C)C(=O)Nc1ccc(S(=O)(=O)NCCc2ccc(N3CCN(C)CC3)cc2)cc1. The number of anilines is 2. The maximum Gasteiger partial charge on any atom is 0.240 e. The Bertz CT molecular complexity index is 965. The standard InChI is InChI=1S/C23H32N4O3S/c1-18(2)23(28)25-20-6-10-22(11-7-20)31(29,30)24-13-12-19-4-8-21(9-5-19)27-16-14-26(3)15-17-27/h4-11,18,24H,12-17H2,1-3H3,(H,25,28). The molecule has 0 bridgehead atoms. The second kappa shape index (κ2) is 10.3. The summed E-state index contributed by atoms with van der Waals surface area (Å²) in [5.74, 6) is -0.243. The summed E-state index contributed by atoms with van der Waals surface area (Å²) < 4.78 is 27.7. The van der Waals surface area contributed by atoms with Crippen LogP contribution in [0, 0.1) is 5.92 Å². The van der Waals surface area contributed by atoms with E-state index < -0.39 is 10.0 Å². The summed E-state index contributed by atoms with van der Waals surface area (Å²) in [5.41, 5.74) is 2.88. The molecule has 1 saturated heterocycles. The predicted molar refractivity (Wildman–Crippen MR) is 125 cm³/mol. The Hall–Kier alpha value is -2.42. The molecule has 31 heavy (non-hydrogen) atoms. The van der Waals surface area contributed by atoms with E-state index in [9.17, 15) is 13.2 Å². The first-order valence-corrected chi connectivity index (χ1v) is 12.2. The normalized spacial score (nSPS) is 15.3. The largest absolute Gasteiger partial charge is 0.369 e. The van der Waals surface area contributed by atoms with Gasteiger partial charge in [-0.1, -0.05) is 26.0 Å². The summed E-state index contributed by atoms with van der Waals surface area (Å²) >= 11 is 0. The summed E-state index contributed by atoms with van der Waals surface area (Å²) in [4.78, 5) is 16.6. The van der Waals surface area contributed by atoms with Crippen molar-refractivity contribution in [2.45, 2.75) is 25.2 Å². The van der Waals surface area contributed by atoms with Crippen LogP contribution in [0.25, 0.3) is 0 Å². The number of carbonyl (C=O) groups excluding carboxylic acids is 1. The maximum atomic E-state index is 12.5. The highest BCUT2D eigenvalue weighted by atomic mass is 32.2. The number of likely N-dealkylation sites (N-methyl/N-ethyl adjacent to an activating group) is 1. The summed E-state index contributed by atoms with van der Waals surface area (Å²) in [6.45, 7) is 8.10. The zero-order valence-corrected chi connectivity index (χ0v) is 19.3. The van der Waals surface area contributed by atoms with Crippen LogP contribution >= 0.6 is 0 Å². The number of nitrogens with one attached hydrogen (secondary N) is 2. The fourth-order valence-electron chi connectivity index (χ4n) is 3.36. The fourth-order valence-corrected chi connectivity index (χ4v) is 4.39. The number of piperazine rings is 1. The summed E-state index contributed by atoms with van der Waals surface area (Å²) in [6.07, 6.45) is 0.616. The topological polar surface area (TPSA) is 81.7 Å². The Balaban J connectivity index is 1.50. The molecule has 0 spiro atoms. The number of nitrogens with zero attached hydrogens (tertiary/aromatic N) is 2. The molecule has 2 N–H and O–H groups in total. The molecule has 0 unspecified atom stereocenters. The summed E-state index contributed by atoms with van der Waals surface area (Å²) in [5, 5.41) is 2.76. The lowest BCUT2D eigenvalue weighted by Gasteiger charge is -2.34. The van der Waals surface area contributed by atoms with Gasteiger partial charge in [0.15, 0.2) is 0 Å². The smallest absolute Gasteiger partial charge is 0.240 e. The van der Waals surface area contributed by atoms with E-state index in [1.165, 1.54) is 17.8 Å². The summed E-state index contributed by atoms with van der Waals surface area (Å²) in [7, 11) is -1.46. The molecular weight excluding hydrogens is 412 g/mol. The van der Waals surface area contributed by atoms with Gasteiger partial charge in [-0.15, -0.1) is 0 Å². The molecule has 0 radical (unpaired) electrons. The Morgan fingerprint density at radius 1 is 0.968 bits per heavy atom. The molecule has 1 fully saturated rings. The van der Waals surface area contributed by atoms with Gasteiger partial charge < -0.3 is 15.1 Å². The molecule has 3 rings (SSSR count). The van der Waals surface area contributed by atoms with E-state index in [0.717, 1.165) is 31.7 Å². The van der Waals surface area contributed by atoms with Gasteiger partial charge in [0.05, 0.1) is 4.90 Å². The second-order valence-corrected chi connectivity index (χ2v) is 10.0. The van der Waals surface area contributed by atoms with Crippen molar-refractivity contribution in [3.63, 3.8) is 0 Å². The van der Waals surface area contributed by atoms with Crippen LogP contribution in [-0.2, 0) is 21.2 Å². The van der Waals surface area contributed by atoms with Gasteiger partial charge in [-0.25, -0.2) is 13.1 Å². The van der Waals surface area contributed by atoms with E-state index in [2.05, 4.69) is 51.2 Å². The van der Waals surface area contributed by atoms with E-state index in [1.807, 2.05) is 0 Å². The maximum absolute atomic E-state index is 12.5. The van der Waals surface area contributed by atoms with E-state index in [-0.39, 0.29) is 16.7 Å². The fraction of sp³-hybridized carbons (Fsp3) is 0.435. The number of benzene rings is 2. The minimum Gasteiger partial charge on any atom is -0.369 e. The van der Waals surface area contributed by atoms with Gasteiger partial charge in [-0.05, 0) is 55.4 Å². The van der Waals surface area contributed by atoms with Crippen molar-refractivity contribution in [2.24, 2.45) is 5.92 Å². The zero-order chi connectivity index (χ0) is 22.4. The molecule has 168 valence electrons. The van der Waals surface area contributed by atoms with Gasteiger partial charge in [0.25, 0.3) is 0 Å². The van der Waals surface area contributed by atoms with Crippen LogP contribution in [-0.4, -0.2) is 59.0 Å². The molecule has 1 aliphatic rings. The van der Waals surface area contributed by atoms with Crippen molar-refractivity contribution in [2.75, 3.05) is 50.0 Å². The minimum absolute atomic E-state index is 0.104. The lowest BCUT2D eigenvalue weighted by molar-refractivity contribution is -0.118. The lowest BCUT2D eigenvalue weighted by Crippen LogP contribution is -2.44. The Kier molecular flexibility index (Phi) is 7.69. The van der Waals surface area contributed by atoms with Crippen molar-refractivity contribution in [3.8, 4) is 0 Å². The molecular formula is C23H32N4O3S. The van der Waals surface area contributed by atoms with Gasteiger partial charge in [-0.2, -0.15) is 0 Å². The Labute approximate surface area is 185 Å². The molecule has 8 heteroatoms. The molecule has 0 aromatic heterocycles. The number of sulfonamides is 1. The van der Waals surface area contributed by atoms with E-state index in [4.69, 9.17) is 0 Å². The molecule has 2 aromatic rings. The van der Waals surface area contributed by atoms with Crippen LogP contribution in [0.15, 0.2) is 53.4 Å². The van der Waals surface area contributed by atoms with Crippen LogP contribution in [0.5, 0.6) is 0 Å². The molecule has 0 aliphatic carbocycles. The van der Waals surface area contributed by atoms with Crippen molar-refractivity contribution >= 4 is 27.3 Å². The first-order valence-electron chi connectivity index (χ1n) is 10.7. The van der Waals surface area contributed by atoms with E-state index in [0.29, 0.717) is 18.7 Å². The summed E-state index contributed by atoms with van der Waals surface area (Å²) in [6, 6.07) is 14.6. The third kappa shape index (κ3) is 6.53. The lowest BCUT2D eigenvalue weighted by atomic mass is 10.1. The van der Waals surface area contributed by atoms with Crippen LogP contribution in [0.1, 0.15) is 19.4 Å². The predicted octanol–water partition coefficient (Wildman–Crippen LogP) is 2.55. The number of amides is 1.